The predicted molar refractivity (Wildman–Crippen MR) is 80.4 cm³/mol. The third-order valence-electron chi connectivity index (χ3n) is 4.62. The van der Waals surface area contributed by atoms with Crippen LogP contribution in [-0.2, 0) is 23.5 Å². The Labute approximate surface area is 139 Å². The average Bonchev–Trinajstić information content (AvgIpc) is 3.03. The van der Waals surface area contributed by atoms with Crippen LogP contribution in [0.1, 0.15) is 12.8 Å². The molecule has 0 aromatic carbocycles. The molecule has 1 aromatic heterocycles. The maximum absolute atomic E-state index is 11.9. The minimum atomic E-state index is -5.22. The fraction of sp³-hybridized carbons (Fsp3) is 0.636. The van der Waals surface area contributed by atoms with Crippen molar-refractivity contribution < 1.29 is 37.8 Å². The van der Waals surface area contributed by atoms with Crippen LogP contribution in [0.15, 0.2) is 21.9 Å². The molecule has 25 heavy (non-hydrogen) atoms. The van der Waals surface area contributed by atoms with Crippen molar-refractivity contribution in [3.05, 3.63) is 33.1 Å². The summed E-state index contributed by atoms with van der Waals surface area (Å²) in [5.74, 6) is -0.902. The molecule has 14 heteroatoms. The van der Waals surface area contributed by atoms with E-state index in [2.05, 4.69) is 13.8 Å². The van der Waals surface area contributed by atoms with E-state index < -0.39 is 51.1 Å². The lowest BCUT2D eigenvalue weighted by Crippen LogP contribution is -2.36. The van der Waals surface area contributed by atoms with Gasteiger partial charge in [0.25, 0.3) is 5.56 Å². The second-order valence-electron chi connectivity index (χ2n) is 6.17. The van der Waals surface area contributed by atoms with Crippen molar-refractivity contribution in [3.8, 4) is 0 Å². The zero-order chi connectivity index (χ0) is 18.6. The molecule has 0 amide bonds. The molecule has 0 bridgehead atoms. The van der Waals surface area contributed by atoms with E-state index >= 15 is 0 Å². The van der Waals surface area contributed by atoms with Crippen LogP contribution in [0.5, 0.6) is 0 Å². The van der Waals surface area contributed by atoms with E-state index in [0.717, 1.165) is 0 Å². The molecular weight excluding hydrogens is 382 g/mol. The number of aliphatic hydroxyl groups is 1. The normalized spacial score (nSPS) is 33.7. The SMILES string of the molecule is O=c1ccn([C@]23CC2[C@H](COP(=O)(O)OP(=O)(O)O)[C@@H](O)C3)c(=O)[nH]1. The van der Waals surface area contributed by atoms with E-state index in [1.807, 2.05) is 0 Å². The van der Waals surface area contributed by atoms with Crippen LogP contribution in [0.25, 0.3) is 0 Å². The van der Waals surface area contributed by atoms with Crippen LogP contribution in [0.2, 0.25) is 0 Å². The molecule has 3 rings (SSSR count). The summed E-state index contributed by atoms with van der Waals surface area (Å²) in [7, 11) is -10.2. The van der Waals surface area contributed by atoms with Crippen molar-refractivity contribution in [2.75, 3.05) is 6.61 Å². The van der Waals surface area contributed by atoms with Crippen LogP contribution in [0.4, 0.5) is 0 Å². The fourth-order valence-corrected chi connectivity index (χ4v) is 5.22. The predicted octanol–water partition coefficient (Wildman–Crippen LogP) is -1.14. The Balaban J connectivity index is 1.72. The molecule has 5 N–H and O–H groups in total. The highest BCUT2D eigenvalue weighted by Gasteiger charge is 2.67. The molecule has 2 fully saturated rings. The Morgan fingerprint density at radius 1 is 1.28 bits per heavy atom. The topological polar surface area (TPSA) is 188 Å². The first kappa shape index (κ1) is 18.7. The highest BCUT2D eigenvalue weighted by Crippen LogP contribution is 2.65. The number of phosphoric ester groups is 1. The summed E-state index contributed by atoms with van der Waals surface area (Å²) in [4.78, 5) is 51.6. The number of aromatic amines is 1. The lowest BCUT2D eigenvalue weighted by molar-refractivity contribution is 0.0668. The Morgan fingerprint density at radius 2 is 1.96 bits per heavy atom. The molecule has 1 aromatic rings. The zero-order valence-electron chi connectivity index (χ0n) is 12.6. The molecular formula is C11H16N2O10P2. The van der Waals surface area contributed by atoms with E-state index in [0.29, 0.717) is 6.42 Å². The Bertz CT molecular complexity index is 889. The molecule has 1 heterocycles. The molecule has 0 radical (unpaired) electrons. The molecule has 12 nitrogen and oxygen atoms in total. The van der Waals surface area contributed by atoms with E-state index in [4.69, 9.17) is 9.79 Å². The number of H-pyrrole nitrogens is 1. The summed E-state index contributed by atoms with van der Waals surface area (Å²) in [6, 6.07) is 1.18. The second kappa shape index (κ2) is 5.97. The standard InChI is InChI=1S/C11H16N2O10P2/c14-8-4-11(13-2-1-9(15)12-10(13)16)3-7(11)6(8)5-22-25(20,21)23-24(17,18)19/h1-2,6-8,14H,3-5H2,(H,20,21)(H,12,15,16)(H2,17,18,19)/t6-,7?,8-,11-/m0/s1. The van der Waals surface area contributed by atoms with Crippen molar-refractivity contribution in [2.45, 2.75) is 24.5 Å². The lowest BCUT2D eigenvalue weighted by atomic mass is 10.0. The second-order valence-corrected chi connectivity index (χ2v) is 9.00. The van der Waals surface area contributed by atoms with Gasteiger partial charge in [0.05, 0.1) is 18.2 Å². The lowest BCUT2D eigenvalue weighted by Gasteiger charge is -2.19. The summed E-state index contributed by atoms with van der Waals surface area (Å²) in [6.45, 7) is -0.487. The summed E-state index contributed by atoms with van der Waals surface area (Å²) in [5.41, 5.74) is -1.90. The molecule has 2 unspecified atom stereocenters. The molecule has 0 saturated heterocycles. The highest BCUT2D eigenvalue weighted by molar-refractivity contribution is 7.60. The first-order chi connectivity index (χ1) is 11.4. The first-order valence-corrected chi connectivity index (χ1v) is 10.2. The molecule has 0 aliphatic heterocycles. The van der Waals surface area contributed by atoms with E-state index in [1.165, 1.54) is 16.8 Å². The molecule has 2 aliphatic rings. The fourth-order valence-electron chi connectivity index (χ4n) is 3.60. The number of hydrogen-bond donors (Lipinski definition) is 5. The Kier molecular flexibility index (Phi) is 4.46. The highest BCUT2D eigenvalue weighted by atomic mass is 31.3. The van der Waals surface area contributed by atoms with Gasteiger partial charge in [0.15, 0.2) is 0 Å². The van der Waals surface area contributed by atoms with E-state index in [1.54, 1.807) is 0 Å². The van der Waals surface area contributed by atoms with Crippen LogP contribution in [0.3, 0.4) is 0 Å². The third kappa shape index (κ3) is 3.71. The van der Waals surface area contributed by atoms with E-state index in [9.17, 15) is 28.7 Å². The maximum atomic E-state index is 11.9. The van der Waals surface area contributed by atoms with Gasteiger partial charge in [-0.15, -0.1) is 0 Å². The summed E-state index contributed by atoms with van der Waals surface area (Å²) in [6.07, 6.45) is 1.02. The van der Waals surface area contributed by atoms with Crippen molar-refractivity contribution in [1.82, 2.24) is 9.55 Å². The van der Waals surface area contributed by atoms with Gasteiger partial charge < -0.3 is 19.8 Å². The Hall–Kier alpha value is -1.10. The van der Waals surface area contributed by atoms with Crippen LogP contribution in [0, 0.1) is 11.8 Å². The quantitative estimate of drug-likeness (QED) is 0.366. The third-order valence-corrected chi connectivity index (χ3v) is 6.77. The summed E-state index contributed by atoms with van der Waals surface area (Å²) in [5, 5.41) is 10.2. The smallest absolute Gasteiger partial charge is 0.393 e. The van der Waals surface area contributed by atoms with Gasteiger partial charge in [-0.1, -0.05) is 0 Å². The van der Waals surface area contributed by atoms with Gasteiger partial charge in [-0.25, -0.2) is 13.9 Å². The number of aromatic nitrogens is 2. The van der Waals surface area contributed by atoms with Crippen molar-refractivity contribution in [2.24, 2.45) is 11.8 Å². The molecule has 5 atom stereocenters. The molecule has 2 saturated carbocycles. The number of hydrogen-bond acceptors (Lipinski definition) is 7. The van der Waals surface area contributed by atoms with Gasteiger partial charge in [0.2, 0.25) is 0 Å². The maximum Gasteiger partial charge on any atom is 0.481 e. The van der Waals surface area contributed by atoms with Gasteiger partial charge in [0.1, 0.15) is 0 Å². The van der Waals surface area contributed by atoms with Gasteiger partial charge in [-0.05, 0) is 18.8 Å². The molecule has 140 valence electrons. The number of nitrogens with zero attached hydrogens (tertiary/aromatic N) is 1. The van der Waals surface area contributed by atoms with Gasteiger partial charge in [0, 0.05) is 18.2 Å². The number of aliphatic hydroxyl groups excluding tert-OH is 1. The first-order valence-electron chi connectivity index (χ1n) is 7.18. The Morgan fingerprint density at radius 3 is 2.56 bits per heavy atom. The van der Waals surface area contributed by atoms with Crippen molar-refractivity contribution in [1.29, 1.82) is 0 Å². The van der Waals surface area contributed by atoms with Crippen molar-refractivity contribution in [3.63, 3.8) is 0 Å². The van der Waals surface area contributed by atoms with E-state index in [-0.39, 0.29) is 12.3 Å². The number of rotatable bonds is 6. The summed E-state index contributed by atoms with van der Waals surface area (Å²) < 4.78 is 31.7. The van der Waals surface area contributed by atoms with Crippen molar-refractivity contribution >= 4 is 15.6 Å². The number of phosphoric acid groups is 2. The van der Waals surface area contributed by atoms with Gasteiger partial charge >= 0.3 is 21.3 Å². The zero-order valence-corrected chi connectivity index (χ0v) is 14.4. The minimum absolute atomic E-state index is 0.173. The largest absolute Gasteiger partial charge is 0.481 e. The van der Waals surface area contributed by atoms with Crippen LogP contribution >= 0.6 is 15.6 Å². The van der Waals surface area contributed by atoms with Gasteiger partial charge in [-0.2, -0.15) is 4.31 Å². The minimum Gasteiger partial charge on any atom is -0.393 e. The monoisotopic (exact) mass is 398 g/mol. The number of nitrogens with one attached hydrogen (secondary N) is 1. The molecule has 0 spiro atoms. The van der Waals surface area contributed by atoms with Gasteiger partial charge in [-0.3, -0.25) is 18.9 Å². The number of fused-ring (bicyclic) bond motifs is 1. The average molecular weight is 398 g/mol. The van der Waals surface area contributed by atoms with Crippen LogP contribution < -0.4 is 11.2 Å². The summed E-state index contributed by atoms with van der Waals surface area (Å²) >= 11 is 0. The molecule has 2 aliphatic carbocycles. The van der Waals surface area contributed by atoms with Crippen LogP contribution in [-0.4, -0.2) is 42.0 Å².